The lowest BCUT2D eigenvalue weighted by atomic mass is 9.86. The van der Waals surface area contributed by atoms with E-state index in [4.69, 9.17) is 4.74 Å². The van der Waals surface area contributed by atoms with Gasteiger partial charge in [0.25, 0.3) is 0 Å². The molecule has 0 aliphatic heterocycles. The topological polar surface area (TPSA) is 46.5 Å². The van der Waals surface area contributed by atoms with Crippen LogP contribution in [0.15, 0.2) is 35.4 Å². The summed E-state index contributed by atoms with van der Waals surface area (Å²) in [4.78, 5) is 11.3. The van der Waals surface area contributed by atoms with E-state index in [-0.39, 0.29) is 12.6 Å². The first kappa shape index (κ1) is 15.8. The van der Waals surface area contributed by atoms with Gasteiger partial charge in [-0.1, -0.05) is 29.8 Å². The summed E-state index contributed by atoms with van der Waals surface area (Å²) < 4.78 is 4.71. The molecule has 0 saturated carbocycles. The zero-order chi connectivity index (χ0) is 15.1. The molecule has 21 heavy (non-hydrogen) atoms. The zero-order valence-corrected chi connectivity index (χ0v) is 12.7. The van der Waals surface area contributed by atoms with Gasteiger partial charge in [0.2, 0.25) is 0 Å². The van der Waals surface area contributed by atoms with Crippen LogP contribution in [0.25, 0.3) is 0 Å². The molecule has 0 aromatic heterocycles. The molecule has 0 spiro atoms. The minimum absolute atomic E-state index is 0.169. The molecule has 0 amide bonds. The van der Waals surface area contributed by atoms with Crippen molar-refractivity contribution in [1.29, 1.82) is 0 Å². The molecule has 0 unspecified atom stereocenters. The maximum absolute atomic E-state index is 11.3. The number of hydrogen-bond donors (Lipinski definition) is 1. The number of aryl methyl sites for hydroxylation is 1. The van der Waals surface area contributed by atoms with Crippen LogP contribution < -0.4 is 0 Å². The van der Waals surface area contributed by atoms with Crippen molar-refractivity contribution in [2.24, 2.45) is 0 Å². The van der Waals surface area contributed by atoms with E-state index >= 15 is 0 Å². The molecule has 1 aromatic rings. The summed E-state index contributed by atoms with van der Waals surface area (Å²) in [7, 11) is 1.43. The van der Waals surface area contributed by atoms with Gasteiger partial charge in [-0.15, -0.1) is 0 Å². The van der Waals surface area contributed by atoms with Gasteiger partial charge in [0.15, 0.2) is 0 Å². The Morgan fingerprint density at radius 3 is 2.48 bits per heavy atom. The molecule has 1 aromatic carbocycles. The molecular formula is C18H24O3. The zero-order valence-electron chi connectivity index (χ0n) is 12.7. The van der Waals surface area contributed by atoms with Crippen molar-refractivity contribution in [3.05, 3.63) is 46.5 Å². The van der Waals surface area contributed by atoms with E-state index in [9.17, 15) is 9.90 Å². The third-order valence-corrected chi connectivity index (χ3v) is 4.25. The predicted molar refractivity (Wildman–Crippen MR) is 83.1 cm³/mol. The van der Waals surface area contributed by atoms with Crippen molar-refractivity contribution in [2.45, 2.75) is 44.9 Å². The number of hydrogen-bond acceptors (Lipinski definition) is 3. The Morgan fingerprint density at radius 1 is 1.14 bits per heavy atom. The summed E-state index contributed by atoms with van der Waals surface area (Å²) in [6, 6.07) is 8.26. The molecule has 0 saturated heterocycles. The lowest BCUT2D eigenvalue weighted by molar-refractivity contribution is -0.140. The van der Waals surface area contributed by atoms with Gasteiger partial charge in [-0.3, -0.25) is 4.79 Å². The number of benzene rings is 1. The third-order valence-electron chi connectivity index (χ3n) is 4.25. The quantitative estimate of drug-likeness (QED) is 0.646. The van der Waals surface area contributed by atoms with Crippen LogP contribution >= 0.6 is 0 Å². The summed E-state index contributed by atoms with van der Waals surface area (Å²) in [6.07, 6.45) is 6.53. The number of methoxy groups -OCH3 is 1. The predicted octanol–water partition coefficient (Wildman–Crippen LogP) is 3.20. The van der Waals surface area contributed by atoms with Crippen LogP contribution in [0.1, 0.15) is 43.2 Å². The Hall–Kier alpha value is -1.61. The highest BCUT2D eigenvalue weighted by Crippen LogP contribution is 2.28. The summed E-state index contributed by atoms with van der Waals surface area (Å²) in [5.41, 5.74) is 5.07. The third kappa shape index (κ3) is 4.43. The van der Waals surface area contributed by atoms with Gasteiger partial charge in [0.05, 0.1) is 13.7 Å². The molecule has 1 N–H and O–H groups in total. The van der Waals surface area contributed by atoms with Crippen molar-refractivity contribution in [3.8, 4) is 0 Å². The SMILES string of the molecule is COC(=O)CCc1ccccc1CC1=C(CO)CCCC1. The van der Waals surface area contributed by atoms with Gasteiger partial charge in [-0.2, -0.15) is 0 Å². The Morgan fingerprint density at radius 2 is 1.81 bits per heavy atom. The molecule has 0 radical (unpaired) electrons. The molecule has 0 atom stereocenters. The second kappa shape index (κ2) is 7.99. The van der Waals surface area contributed by atoms with Gasteiger partial charge in [-0.05, 0) is 55.2 Å². The fourth-order valence-electron chi connectivity index (χ4n) is 2.98. The highest BCUT2D eigenvalue weighted by Gasteiger charge is 2.14. The summed E-state index contributed by atoms with van der Waals surface area (Å²) in [6.45, 7) is 0.180. The van der Waals surface area contributed by atoms with Crippen molar-refractivity contribution in [2.75, 3.05) is 13.7 Å². The van der Waals surface area contributed by atoms with Crippen molar-refractivity contribution < 1.29 is 14.6 Å². The maximum atomic E-state index is 11.3. The lowest BCUT2D eigenvalue weighted by Crippen LogP contribution is -2.08. The van der Waals surface area contributed by atoms with E-state index in [0.29, 0.717) is 12.8 Å². The molecule has 114 valence electrons. The molecule has 0 fully saturated rings. The van der Waals surface area contributed by atoms with E-state index in [1.165, 1.54) is 42.2 Å². The first-order valence-corrected chi connectivity index (χ1v) is 7.68. The molecule has 3 nitrogen and oxygen atoms in total. The standard InChI is InChI=1S/C18H24O3/c1-21-18(20)11-10-14-6-2-3-7-15(14)12-16-8-4-5-9-17(16)13-19/h2-3,6-7,19H,4-5,8-13H2,1H3. The van der Waals surface area contributed by atoms with Crippen LogP contribution in [0.2, 0.25) is 0 Å². The van der Waals surface area contributed by atoms with Gasteiger partial charge in [-0.25, -0.2) is 0 Å². The molecule has 1 aliphatic carbocycles. The summed E-state index contributed by atoms with van der Waals surface area (Å²) in [5.74, 6) is -0.169. The fourth-order valence-corrected chi connectivity index (χ4v) is 2.98. The minimum Gasteiger partial charge on any atom is -0.469 e. The summed E-state index contributed by atoms with van der Waals surface area (Å²) >= 11 is 0. The van der Waals surface area contributed by atoms with Crippen LogP contribution in [0.3, 0.4) is 0 Å². The Labute approximate surface area is 126 Å². The van der Waals surface area contributed by atoms with E-state index in [0.717, 1.165) is 19.3 Å². The number of aliphatic hydroxyl groups excluding tert-OH is 1. The Bertz CT molecular complexity index is 517. The van der Waals surface area contributed by atoms with Crippen LogP contribution in [-0.2, 0) is 22.4 Å². The molecular weight excluding hydrogens is 264 g/mol. The van der Waals surface area contributed by atoms with Crippen LogP contribution in [-0.4, -0.2) is 24.8 Å². The van der Waals surface area contributed by atoms with Gasteiger partial charge in [0, 0.05) is 6.42 Å². The molecule has 0 bridgehead atoms. The fraction of sp³-hybridized carbons (Fsp3) is 0.500. The number of ether oxygens (including phenoxy) is 1. The lowest BCUT2D eigenvalue weighted by Gasteiger charge is -2.20. The highest BCUT2D eigenvalue weighted by atomic mass is 16.5. The van der Waals surface area contributed by atoms with Crippen molar-refractivity contribution in [1.82, 2.24) is 0 Å². The average Bonchev–Trinajstić information content (AvgIpc) is 2.54. The average molecular weight is 288 g/mol. The molecule has 0 heterocycles. The molecule has 2 rings (SSSR count). The van der Waals surface area contributed by atoms with Crippen LogP contribution in [0.5, 0.6) is 0 Å². The van der Waals surface area contributed by atoms with Crippen LogP contribution in [0, 0.1) is 0 Å². The van der Waals surface area contributed by atoms with Gasteiger partial charge in [0.1, 0.15) is 0 Å². The first-order chi connectivity index (χ1) is 10.2. The number of aliphatic hydroxyl groups is 1. The van der Waals surface area contributed by atoms with Crippen molar-refractivity contribution >= 4 is 5.97 Å². The number of esters is 1. The number of rotatable bonds is 6. The monoisotopic (exact) mass is 288 g/mol. The second-order valence-corrected chi connectivity index (χ2v) is 5.59. The highest BCUT2D eigenvalue weighted by molar-refractivity contribution is 5.69. The number of carbonyl (C=O) groups is 1. The second-order valence-electron chi connectivity index (χ2n) is 5.59. The van der Waals surface area contributed by atoms with E-state index < -0.39 is 0 Å². The van der Waals surface area contributed by atoms with E-state index in [2.05, 4.69) is 12.1 Å². The smallest absolute Gasteiger partial charge is 0.305 e. The number of allylic oxidation sites excluding steroid dienone is 1. The molecule has 3 heteroatoms. The van der Waals surface area contributed by atoms with Crippen LogP contribution in [0.4, 0.5) is 0 Å². The Balaban J connectivity index is 2.12. The van der Waals surface area contributed by atoms with E-state index in [1.54, 1.807) is 0 Å². The molecule has 1 aliphatic rings. The number of carbonyl (C=O) groups excluding carboxylic acids is 1. The first-order valence-electron chi connectivity index (χ1n) is 7.68. The Kier molecular flexibility index (Phi) is 6.00. The van der Waals surface area contributed by atoms with Gasteiger partial charge >= 0.3 is 5.97 Å². The minimum atomic E-state index is -0.169. The normalized spacial score (nSPS) is 15.1. The maximum Gasteiger partial charge on any atom is 0.305 e. The van der Waals surface area contributed by atoms with Crippen molar-refractivity contribution in [3.63, 3.8) is 0 Å². The van der Waals surface area contributed by atoms with E-state index in [1.807, 2.05) is 12.1 Å². The summed E-state index contributed by atoms with van der Waals surface area (Å²) in [5, 5.41) is 9.50. The van der Waals surface area contributed by atoms with Gasteiger partial charge < -0.3 is 9.84 Å². The largest absolute Gasteiger partial charge is 0.469 e.